The maximum Gasteiger partial charge on any atom is 0.271 e. The van der Waals surface area contributed by atoms with E-state index in [0.29, 0.717) is 34.5 Å². The third kappa shape index (κ3) is 6.60. The van der Waals surface area contributed by atoms with Crippen molar-refractivity contribution < 1.29 is 9.53 Å². The number of amides is 1. The number of nitrogens with one attached hydrogen (secondary N) is 2. The van der Waals surface area contributed by atoms with Crippen molar-refractivity contribution in [2.24, 2.45) is 11.1 Å². The minimum absolute atomic E-state index is 0.0965. The standard InChI is InChI=1S/C37H49N9O2/c1-25-3-2-14-39-31(25)32-35(41-27-23-37(24-27)12-21-48-22-13-37)43-36(33(42-32)34(38)47)40-26-4-6-28(7-5-26)44-15-10-30(11-16-44)46-19-17-45(18-20-46)29-8-9-29/h2-7,14,27,29-30H,8-13,15-24H2,1H3,(H2,38,47)(H2,40,41,43). The Bertz CT molecular complexity index is 1600. The van der Waals surface area contributed by atoms with Gasteiger partial charge in [0, 0.05) is 88.2 Å². The van der Waals surface area contributed by atoms with E-state index in [1.807, 2.05) is 19.1 Å². The number of pyridine rings is 1. The van der Waals surface area contributed by atoms with Crippen molar-refractivity contribution >= 4 is 28.9 Å². The SMILES string of the molecule is Cc1cccnc1-c1nc(C(N)=O)c(Nc2ccc(N3CCC(N4CCN(C5CC5)CC4)CC3)cc2)nc1NC1CC2(CCOCC2)C1. The van der Waals surface area contributed by atoms with Gasteiger partial charge >= 0.3 is 0 Å². The molecule has 5 heterocycles. The second kappa shape index (κ2) is 13.2. The molecule has 2 aliphatic carbocycles. The van der Waals surface area contributed by atoms with Crippen LogP contribution < -0.4 is 21.3 Å². The Morgan fingerprint density at radius 3 is 2.15 bits per heavy atom. The van der Waals surface area contributed by atoms with Gasteiger partial charge in [-0.2, -0.15) is 0 Å². The molecule has 11 heteroatoms. The summed E-state index contributed by atoms with van der Waals surface area (Å²) in [5.74, 6) is 0.326. The Morgan fingerprint density at radius 1 is 0.854 bits per heavy atom. The fourth-order valence-corrected chi connectivity index (χ4v) is 8.48. The molecule has 254 valence electrons. The highest BCUT2D eigenvalue weighted by atomic mass is 16.5. The minimum atomic E-state index is -0.635. The number of hydrogen-bond acceptors (Lipinski definition) is 10. The molecule has 3 aromatic rings. The lowest BCUT2D eigenvalue weighted by molar-refractivity contribution is -0.0342. The molecule has 3 aliphatic heterocycles. The van der Waals surface area contributed by atoms with E-state index >= 15 is 0 Å². The van der Waals surface area contributed by atoms with Gasteiger partial charge < -0.3 is 26.0 Å². The molecule has 5 aliphatic rings. The second-order valence-electron chi connectivity index (χ2n) is 14.7. The van der Waals surface area contributed by atoms with Crippen molar-refractivity contribution in [1.82, 2.24) is 24.8 Å². The van der Waals surface area contributed by atoms with Crippen LogP contribution in [0, 0.1) is 12.3 Å². The maximum atomic E-state index is 12.7. The highest BCUT2D eigenvalue weighted by molar-refractivity contribution is 5.97. The van der Waals surface area contributed by atoms with Gasteiger partial charge in [0.05, 0.1) is 5.69 Å². The molecule has 1 amide bonds. The number of anilines is 4. The van der Waals surface area contributed by atoms with E-state index in [9.17, 15) is 4.79 Å². The number of benzene rings is 1. The number of nitrogens with zero attached hydrogens (tertiary/aromatic N) is 6. The van der Waals surface area contributed by atoms with Gasteiger partial charge in [0.25, 0.3) is 5.91 Å². The third-order valence-corrected chi connectivity index (χ3v) is 11.5. The number of ether oxygens (including phenoxy) is 1. The van der Waals surface area contributed by atoms with E-state index in [-0.39, 0.29) is 11.7 Å². The molecule has 11 nitrogen and oxygen atoms in total. The van der Waals surface area contributed by atoms with Crippen molar-refractivity contribution in [2.75, 3.05) is 68.0 Å². The molecule has 1 aromatic carbocycles. The van der Waals surface area contributed by atoms with E-state index in [1.54, 1.807) is 6.20 Å². The third-order valence-electron chi connectivity index (χ3n) is 11.5. The van der Waals surface area contributed by atoms with Crippen LogP contribution in [0.5, 0.6) is 0 Å². The van der Waals surface area contributed by atoms with Gasteiger partial charge in [-0.15, -0.1) is 0 Å². The predicted molar refractivity (Wildman–Crippen MR) is 189 cm³/mol. The summed E-state index contributed by atoms with van der Waals surface area (Å²) < 4.78 is 5.62. The molecule has 5 fully saturated rings. The minimum Gasteiger partial charge on any atom is -0.381 e. The quantitative estimate of drug-likeness (QED) is 0.297. The lowest BCUT2D eigenvalue weighted by Gasteiger charge is -2.50. The largest absolute Gasteiger partial charge is 0.381 e. The first-order chi connectivity index (χ1) is 23.4. The molecule has 3 saturated heterocycles. The smallest absolute Gasteiger partial charge is 0.271 e. The van der Waals surface area contributed by atoms with Crippen LogP contribution in [0.2, 0.25) is 0 Å². The number of piperazine rings is 1. The van der Waals surface area contributed by atoms with Crippen LogP contribution in [0.3, 0.4) is 0 Å². The first kappa shape index (κ1) is 31.5. The molecule has 1 spiro atoms. The fourth-order valence-electron chi connectivity index (χ4n) is 8.48. The number of primary amides is 1. The average molecular weight is 652 g/mol. The topological polar surface area (TPSA) is 125 Å². The lowest BCUT2D eigenvalue weighted by atomic mass is 9.61. The van der Waals surface area contributed by atoms with E-state index in [2.05, 4.69) is 54.6 Å². The zero-order valence-corrected chi connectivity index (χ0v) is 28.2. The summed E-state index contributed by atoms with van der Waals surface area (Å²) >= 11 is 0. The van der Waals surface area contributed by atoms with Crippen molar-refractivity contribution in [1.29, 1.82) is 0 Å². The van der Waals surface area contributed by atoms with Crippen molar-refractivity contribution in [3.05, 3.63) is 53.9 Å². The Labute approximate surface area is 283 Å². The molecule has 8 rings (SSSR count). The first-order valence-electron chi connectivity index (χ1n) is 18.0. The van der Waals surface area contributed by atoms with Crippen LogP contribution in [-0.2, 0) is 4.74 Å². The molecular weight excluding hydrogens is 602 g/mol. The van der Waals surface area contributed by atoms with E-state index < -0.39 is 5.91 Å². The number of rotatable bonds is 9. The summed E-state index contributed by atoms with van der Waals surface area (Å²) in [4.78, 5) is 35.1. The van der Waals surface area contributed by atoms with Gasteiger partial charge in [-0.1, -0.05) is 6.07 Å². The highest BCUT2D eigenvalue weighted by Crippen LogP contribution is 2.50. The lowest BCUT2D eigenvalue weighted by Crippen LogP contribution is -2.53. The van der Waals surface area contributed by atoms with Crippen LogP contribution in [0.1, 0.15) is 67.4 Å². The number of hydrogen-bond donors (Lipinski definition) is 3. The van der Waals surface area contributed by atoms with Crippen LogP contribution in [-0.4, -0.2) is 101 Å². The molecule has 2 aromatic heterocycles. The first-order valence-corrected chi connectivity index (χ1v) is 18.0. The zero-order chi connectivity index (χ0) is 32.7. The number of nitrogens with two attached hydrogens (primary N) is 1. The van der Waals surface area contributed by atoms with Crippen LogP contribution >= 0.6 is 0 Å². The number of piperidine rings is 1. The summed E-state index contributed by atoms with van der Waals surface area (Å²) in [5, 5.41) is 7.04. The molecular formula is C37H49N9O2. The second-order valence-corrected chi connectivity index (χ2v) is 14.7. The van der Waals surface area contributed by atoms with E-state index in [1.165, 1.54) is 57.5 Å². The molecule has 48 heavy (non-hydrogen) atoms. The predicted octanol–water partition coefficient (Wildman–Crippen LogP) is 4.81. The summed E-state index contributed by atoms with van der Waals surface area (Å²) in [7, 11) is 0. The summed E-state index contributed by atoms with van der Waals surface area (Å²) in [5.41, 5.74) is 10.6. The summed E-state index contributed by atoms with van der Waals surface area (Å²) in [6.07, 6.45) is 11.3. The van der Waals surface area contributed by atoms with Crippen molar-refractivity contribution in [3.63, 3.8) is 0 Å². The summed E-state index contributed by atoms with van der Waals surface area (Å²) in [6.45, 7) is 10.7. The van der Waals surface area contributed by atoms with Gasteiger partial charge in [-0.25, -0.2) is 9.97 Å². The number of aryl methyl sites for hydroxylation is 1. The number of carbonyl (C=O) groups is 1. The zero-order valence-electron chi connectivity index (χ0n) is 28.2. The van der Waals surface area contributed by atoms with Crippen LogP contribution in [0.4, 0.5) is 23.0 Å². The van der Waals surface area contributed by atoms with Gasteiger partial charge in [0.2, 0.25) is 0 Å². The molecule has 0 unspecified atom stereocenters. The average Bonchev–Trinajstić information content (AvgIpc) is 3.95. The molecule has 0 radical (unpaired) electrons. The highest BCUT2D eigenvalue weighted by Gasteiger charge is 2.45. The van der Waals surface area contributed by atoms with Gasteiger partial charge in [0.1, 0.15) is 5.69 Å². The van der Waals surface area contributed by atoms with Crippen molar-refractivity contribution in [2.45, 2.75) is 76.4 Å². The Hall–Kier alpha value is -3.80. The Morgan fingerprint density at radius 2 is 1.52 bits per heavy atom. The van der Waals surface area contributed by atoms with Crippen molar-refractivity contribution in [3.8, 4) is 11.4 Å². The van der Waals surface area contributed by atoms with Gasteiger partial charge in [-0.05, 0) is 99.6 Å². The normalized spacial score (nSPS) is 22.4. The Balaban J connectivity index is 0.963. The Kier molecular flexibility index (Phi) is 8.69. The van der Waals surface area contributed by atoms with Gasteiger partial charge in [0.15, 0.2) is 17.3 Å². The van der Waals surface area contributed by atoms with Gasteiger partial charge in [-0.3, -0.25) is 19.6 Å². The maximum absolute atomic E-state index is 12.7. The molecule has 0 atom stereocenters. The molecule has 0 bridgehead atoms. The number of aromatic nitrogens is 3. The molecule has 4 N–H and O–H groups in total. The van der Waals surface area contributed by atoms with E-state index in [4.69, 9.17) is 20.4 Å². The van der Waals surface area contributed by atoms with Crippen LogP contribution in [0.25, 0.3) is 11.4 Å². The summed E-state index contributed by atoms with van der Waals surface area (Å²) in [6, 6.07) is 14.1. The van der Waals surface area contributed by atoms with E-state index in [0.717, 1.165) is 69.3 Å². The number of carbonyl (C=O) groups excluding carboxylic acids is 1. The van der Waals surface area contributed by atoms with Crippen LogP contribution in [0.15, 0.2) is 42.6 Å². The fraction of sp³-hybridized carbons (Fsp3) is 0.568. The monoisotopic (exact) mass is 651 g/mol. The molecule has 2 saturated carbocycles.